The second-order valence-electron chi connectivity index (χ2n) is 3.80. The number of hydrogen-bond acceptors (Lipinski definition) is 4. The van der Waals surface area contributed by atoms with E-state index in [1.165, 1.54) is 11.3 Å². The van der Waals surface area contributed by atoms with Crippen molar-refractivity contribution < 1.29 is 9.18 Å². The molecule has 0 saturated carbocycles. The largest absolute Gasteiger partial charge is 0.348 e. The minimum atomic E-state index is -0.482. The zero-order valence-electron chi connectivity index (χ0n) is 9.03. The molecule has 18 heavy (non-hydrogen) atoms. The van der Waals surface area contributed by atoms with Gasteiger partial charge >= 0.3 is 0 Å². The molecular weight excluding hydrogens is 253 g/mol. The van der Waals surface area contributed by atoms with Crippen LogP contribution in [0.1, 0.15) is 21.5 Å². The van der Waals surface area contributed by atoms with Gasteiger partial charge in [0.2, 0.25) is 0 Å². The summed E-state index contributed by atoms with van der Waals surface area (Å²) in [5, 5.41) is 13.0. The summed E-state index contributed by atoms with van der Waals surface area (Å²) in [6, 6.07) is 3.67. The molecule has 1 N–H and O–H groups in total. The molecule has 3 rings (SSSR count). The molecule has 1 aliphatic rings. The first-order valence-electron chi connectivity index (χ1n) is 5.15. The van der Waals surface area contributed by atoms with E-state index in [1.54, 1.807) is 11.4 Å². The predicted octanol–water partition coefficient (Wildman–Crippen LogP) is 2.06. The molecular formula is C12H6FN3OS. The van der Waals surface area contributed by atoms with E-state index in [1.807, 2.05) is 6.07 Å². The smallest absolute Gasteiger partial charge is 0.254 e. The highest BCUT2D eigenvalue weighted by Crippen LogP contribution is 2.32. The lowest BCUT2D eigenvalue weighted by Crippen LogP contribution is -2.13. The third-order valence-electron chi connectivity index (χ3n) is 2.75. The minimum Gasteiger partial charge on any atom is -0.348 e. The molecule has 0 saturated heterocycles. The average Bonchev–Trinajstić information content (AvgIpc) is 2.98. The number of nitrogens with zero attached hydrogens (tertiary/aromatic N) is 2. The van der Waals surface area contributed by atoms with Crippen LogP contribution in [0.25, 0.3) is 10.6 Å². The fourth-order valence-corrected chi connectivity index (χ4v) is 2.74. The molecule has 6 heteroatoms. The van der Waals surface area contributed by atoms with E-state index < -0.39 is 5.82 Å². The normalized spacial score (nSPS) is 13.0. The van der Waals surface area contributed by atoms with E-state index in [-0.39, 0.29) is 18.0 Å². The first kappa shape index (κ1) is 10.9. The van der Waals surface area contributed by atoms with Gasteiger partial charge in [-0.15, -0.1) is 11.3 Å². The van der Waals surface area contributed by atoms with Crippen LogP contribution in [-0.2, 0) is 6.54 Å². The summed E-state index contributed by atoms with van der Waals surface area (Å²) in [5.74, 6) is -0.803. The van der Waals surface area contributed by atoms with Crippen molar-refractivity contribution in [2.24, 2.45) is 0 Å². The van der Waals surface area contributed by atoms with E-state index in [0.29, 0.717) is 21.7 Å². The quantitative estimate of drug-likeness (QED) is 0.852. The van der Waals surface area contributed by atoms with Crippen molar-refractivity contribution in [3.8, 4) is 16.6 Å². The number of halogens is 1. The Morgan fingerprint density at radius 2 is 2.39 bits per heavy atom. The van der Waals surface area contributed by atoms with Gasteiger partial charge in [0.05, 0.1) is 27.9 Å². The van der Waals surface area contributed by atoms with E-state index in [4.69, 9.17) is 5.26 Å². The molecule has 4 nitrogen and oxygen atoms in total. The van der Waals surface area contributed by atoms with Crippen LogP contribution in [0.2, 0.25) is 0 Å². The molecule has 0 bridgehead atoms. The van der Waals surface area contributed by atoms with Gasteiger partial charge in [0.1, 0.15) is 11.9 Å². The molecule has 3 heterocycles. The predicted molar refractivity (Wildman–Crippen MR) is 63.4 cm³/mol. The fraction of sp³-hybridized carbons (Fsp3) is 0.0833. The summed E-state index contributed by atoms with van der Waals surface area (Å²) in [4.78, 5) is 16.4. The first-order chi connectivity index (χ1) is 8.70. The number of nitrogens with one attached hydrogen (secondary N) is 1. The number of amides is 1. The number of carbonyl (C=O) groups excluding carboxylic acids is 1. The molecule has 0 unspecified atom stereocenters. The molecule has 0 spiro atoms. The van der Waals surface area contributed by atoms with Crippen LogP contribution < -0.4 is 5.32 Å². The van der Waals surface area contributed by atoms with Gasteiger partial charge in [0.15, 0.2) is 0 Å². The van der Waals surface area contributed by atoms with Crippen LogP contribution in [0.5, 0.6) is 0 Å². The Balaban J connectivity index is 2.23. The monoisotopic (exact) mass is 259 g/mol. The van der Waals surface area contributed by atoms with Crippen molar-refractivity contribution in [3.05, 3.63) is 40.2 Å². The van der Waals surface area contributed by atoms with Crippen LogP contribution in [0.15, 0.2) is 17.6 Å². The van der Waals surface area contributed by atoms with Crippen molar-refractivity contribution in [1.29, 1.82) is 5.26 Å². The van der Waals surface area contributed by atoms with Crippen molar-refractivity contribution in [3.63, 3.8) is 0 Å². The number of thiophene rings is 1. The summed E-state index contributed by atoms with van der Waals surface area (Å²) >= 11 is 1.31. The molecule has 0 fully saturated rings. The maximum atomic E-state index is 13.5. The second kappa shape index (κ2) is 3.89. The molecule has 0 aromatic carbocycles. The molecule has 88 valence electrons. The van der Waals surface area contributed by atoms with Crippen LogP contribution in [0.4, 0.5) is 4.39 Å². The Morgan fingerprint density at radius 1 is 1.56 bits per heavy atom. The van der Waals surface area contributed by atoms with Crippen molar-refractivity contribution in [2.75, 3.05) is 0 Å². The van der Waals surface area contributed by atoms with Crippen molar-refractivity contribution in [1.82, 2.24) is 10.3 Å². The van der Waals surface area contributed by atoms with Gasteiger partial charge in [0, 0.05) is 17.5 Å². The molecule has 0 radical (unpaired) electrons. The third kappa shape index (κ3) is 1.49. The van der Waals surface area contributed by atoms with Crippen LogP contribution >= 0.6 is 11.3 Å². The highest BCUT2D eigenvalue weighted by molar-refractivity contribution is 7.13. The number of nitriles is 1. The van der Waals surface area contributed by atoms with Crippen molar-refractivity contribution in [2.45, 2.75) is 6.54 Å². The highest BCUT2D eigenvalue weighted by atomic mass is 32.1. The highest BCUT2D eigenvalue weighted by Gasteiger charge is 2.27. The number of rotatable bonds is 1. The molecule has 2 aromatic heterocycles. The standard InChI is InChI=1S/C12H6FN3OS/c13-8-4-15-11(9-1-6(2-14)5-18-9)10-7(8)3-16-12(10)17/h1,4-5H,3H2,(H,16,17). The van der Waals surface area contributed by atoms with Gasteiger partial charge in [-0.1, -0.05) is 0 Å². The lowest BCUT2D eigenvalue weighted by Gasteiger charge is -2.03. The fourth-order valence-electron chi connectivity index (χ4n) is 1.91. The van der Waals surface area contributed by atoms with Crippen LogP contribution in [-0.4, -0.2) is 10.9 Å². The minimum absolute atomic E-state index is 0.187. The Bertz CT molecular complexity index is 702. The van der Waals surface area contributed by atoms with Gasteiger partial charge in [-0.25, -0.2) is 4.39 Å². The maximum Gasteiger partial charge on any atom is 0.254 e. The second-order valence-corrected chi connectivity index (χ2v) is 4.71. The zero-order chi connectivity index (χ0) is 12.7. The lowest BCUT2D eigenvalue weighted by molar-refractivity contribution is 0.0966. The zero-order valence-corrected chi connectivity index (χ0v) is 9.84. The third-order valence-corrected chi connectivity index (χ3v) is 3.69. The lowest BCUT2D eigenvalue weighted by atomic mass is 10.1. The van der Waals surface area contributed by atoms with E-state index >= 15 is 0 Å². The van der Waals surface area contributed by atoms with E-state index in [2.05, 4.69) is 10.3 Å². The summed E-state index contributed by atoms with van der Waals surface area (Å²) in [7, 11) is 0. The summed E-state index contributed by atoms with van der Waals surface area (Å²) < 4.78 is 13.5. The number of aromatic nitrogens is 1. The molecule has 0 atom stereocenters. The molecule has 0 aliphatic carbocycles. The van der Waals surface area contributed by atoms with Crippen molar-refractivity contribution >= 4 is 17.2 Å². The van der Waals surface area contributed by atoms with Gasteiger partial charge in [-0.3, -0.25) is 9.78 Å². The summed E-state index contributed by atoms with van der Waals surface area (Å²) in [6.07, 6.45) is 1.11. The number of fused-ring (bicyclic) bond motifs is 1. The van der Waals surface area contributed by atoms with Gasteiger partial charge in [-0.2, -0.15) is 5.26 Å². The SMILES string of the molecule is N#Cc1csc(-c2ncc(F)c3c2C(=O)NC3)c1. The molecule has 2 aromatic rings. The molecule has 1 aliphatic heterocycles. The Kier molecular flexibility index (Phi) is 2.35. The van der Waals surface area contributed by atoms with Gasteiger partial charge < -0.3 is 5.32 Å². The summed E-state index contributed by atoms with van der Waals surface area (Å²) in [6.45, 7) is 0.187. The number of pyridine rings is 1. The Hall–Kier alpha value is -2.26. The number of hydrogen-bond donors (Lipinski definition) is 1. The topological polar surface area (TPSA) is 65.8 Å². The molecule has 1 amide bonds. The van der Waals surface area contributed by atoms with Crippen LogP contribution in [0.3, 0.4) is 0 Å². The van der Waals surface area contributed by atoms with E-state index in [0.717, 1.165) is 6.20 Å². The summed E-state index contributed by atoms with van der Waals surface area (Å²) in [5.41, 5.74) is 1.57. The number of carbonyl (C=O) groups is 1. The average molecular weight is 259 g/mol. The Morgan fingerprint density at radius 3 is 3.11 bits per heavy atom. The van der Waals surface area contributed by atoms with Crippen LogP contribution in [0, 0.1) is 17.1 Å². The van der Waals surface area contributed by atoms with Gasteiger partial charge in [-0.05, 0) is 6.07 Å². The first-order valence-corrected chi connectivity index (χ1v) is 6.03. The maximum absolute atomic E-state index is 13.5. The van der Waals surface area contributed by atoms with E-state index in [9.17, 15) is 9.18 Å². The van der Waals surface area contributed by atoms with Gasteiger partial charge in [0.25, 0.3) is 5.91 Å². The Labute approximate surface area is 106 Å².